The van der Waals surface area contributed by atoms with E-state index in [9.17, 15) is 9.18 Å². The summed E-state index contributed by atoms with van der Waals surface area (Å²) in [6, 6.07) is 6.04. The van der Waals surface area contributed by atoms with Crippen LogP contribution in [0.25, 0.3) is 0 Å². The lowest BCUT2D eigenvalue weighted by Gasteiger charge is -2.27. The van der Waals surface area contributed by atoms with Crippen molar-refractivity contribution < 1.29 is 13.9 Å². The van der Waals surface area contributed by atoms with Crippen molar-refractivity contribution in [2.45, 2.75) is 0 Å². The number of benzene rings is 1. The van der Waals surface area contributed by atoms with Crippen LogP contribution in [0.2, 0.25) is 0 Å². The van der Waals surface area contributed by atoms with Gasteiger partial charge in [-0.25, -0.2) is 4.39 Å². The first kappa shape index (κ1) is 14.7. The van der Waals surface area contributed by atoms with Crippen LogP contribution in [0.4, 0.5) is 4.39 Å². The van der Waals surface area contributed by atoms with Crippen LogP contribution in [0.1, 0.15) is 0 Å². The molecule has 0 unspecified atom stereocenters. The SMILES string of the molecule is Cl.O=C(COc1ccccc1F)NCC1CNC1. The molecule has 0 saturated carbocycles. The minimum Gasteiger partial charge on any atom is -0.481 e. The molecule has 1 heterocycles. The Kier molecular flexibility index (Phi) is 5.88. The molecule has 1 aliphatic heterocycles. The number of carbonyl (C=O) groups excluding carboxylic acids is 1. The number of carbonyl (C=O) groups is 1. The topological polar surface area (TPSA) is 50.4 Å². The number of ether oxygens (including phenoxy) is 1. The van der Waals surface area contributed by atoms with Gasteiger partial charge in [-0.3, -0.25) is 4.79 Å². The third kappa shape index (κ3) is 4.16. The van der Waals surface area contributed by atoms with E-state index in [1.54, 1.807) is 12.1 Å². The molecule has 0 aliphatic carbocycles. The van der Waals surface area contributed by atoms with E-state index in [-0.39, 0.29) is 30.7 Å². The average molecular weight is 275 g/mol. The highest BCUT2D eigenvalue weighted by molar-refractivity contribution is 5.85. The third-order valence-corrected chi connectivity index (χ3v) is 2.65. The summed E-state index contributed by atoms with van der Waals surface area (Å²) >= 11 is 0. The number of hydrogen-bond acceptors (Lipinski definition) is 3. The summed E-state index contributed by atoms with van der Waals surface area (Å²) in [5.41, 5.74) is 0. The molecule has 4 nitrogen and oxygen atoms in total. The Labute approximate surface area is 111 Å². The first-order valence-electron chi connectivity index (χ1n) is 5.60. The smallest absolute Gasteiger partial charge is 0.257 e. The normalized spacial score (nSPS) is 14.3. The monoisotopic (exact) mass is 274 g/mol. The van der Waals surface area contributed by atoms with Crippen molar-refractivity contribution in [3.8, 4) is 5.75 Å². The maximum absolute atomic E-state index is 13.2. The Morgan fingerprint density at radius 3 is 2.78 bits per heavy atom. The highest BCUT2D eigenvalue weighted by Gasteiger charge is 2.17. The minimum absolute atomic E-state index is 0. The molecule has 0 radical (unpaired) electrons. The second kappa shape index (κ2) is 7.18. The van der Waals surface area contributed by atoms with Gasteiger partial charge in [-0.2, -0.15) is 0 Å². The summed E-state index contributed by atoms with van der Waals surface area (Å²) in [6.45, 7) is 2.37. The number of halogens is 2. The van der Waals surface area contributed by atoms with Crippen LogP contribution in [0.5, 0.6) is 5.75 Å². The quantitative estimate of drug-likeness (QED) is 0.841. The molecule has 1 saturated heterocycles. The molecule has 6 heteroatoms. The molecule has 0 spiro atoms. The van der Waals surface area contributed by atoms with Gasteiger partial charge in [0.25, 0.3) is 5.91 Å². The molecule has 1 amide bonds. The standard InChI is InChI=1S/C12H15FN2O2.ClH/c13-10-3-1-2-4-11(10)17-8-12(16)15-7-9-5-14-6-9;/h1-4,9,14H,5-8H2,(H,15,16);1H. The van der Waals surface area contributed by atoms with E-state index >= 15 is 0 Å². The van der Waals surface area contributed by atoms with Gasteiger partial charge in [0, 0.05) is 25.6 Å². The van der Waals surface area contributed by atoms with Crippen LogP contribution in [0.3, 0.4) is 0 Å². The van der Waals surface area contributed by atoms with Crippen LogP contribution < -0.4 is 15.4 Å². The van der Waals surface area contributed by atoms with E-state index in [0.29, 0.717) is 12.5 Å². The van der Waals surface area contributed by atoms with Crippen LogP contribution in [-0.2, 0) is 4.79 Å². The first-order valence-corrected chi connectivity index (χ1v) is 5.60. The van der Waals surface area contributed by atoms with Gasteiger partial charge in [-0.05, 0) is 12.1 Å². The number of hydrogen-bond donors (Lipinski definition) is 2. The number of amides is 1. The van der Waals surface area contributed by atoms with Gasteiger partial charge in [-0.1, -0.05) is 12.1 Å². The molecule has 1 fully saturated rings. The second-order valence-corrected chi connectivity index (χ2v) is 4.05. The molecule has 2 N–H and O–H groups in total. The van der Waals surface area contributed by atoms with Crippen LogP contribution in [0.15, 0.2) is 24.3 Å². The molecule has 0 aromatic heterocycles. The Morgan fingerprint density at radius 1 is 1.44 bits per heavy atom. The summed E-state index contributed by atoms with van der Waals surface area (Å²) in [6.07, 6.45) is 0. The second-order valence-electron chi connectivity index (χ2n) is 4.05. The van der Waals surface area contributed by atoms with E-state index < -0.39 is 5.82 Å². The fourth-order valence-corrected chi connectivity index (χ4v) is 1.51. The Bertz CT molecular complexity index is 399. The van der Waals surface area contributed by atoms with Crippen molar-refractivity contribution in [1.82, 2.24) is 10.6 Å². The van der Waals surface area contributed by atoms with Crippen molar-refractivity contribution >= 4 is 18.3 Å². The number of nitrogens with one attached hydrogen (secondary N) is 2. The first-order chi connectivity index (χ1) is 8.25. The van der Waals surface area contributed by atoms with Crippen molar-refractivity contribution in [1.29, 1.82) is 0 Å². The van der Waals surface area contributed by atoms with E-state index in [4.69, 9.17) is 4.74 Å². The van der Waals surface area contributed by atoms with Crippen molar-refractivity contribution in [2.75, 3.05) is 26.2 Å². The lowest BCUT2D eigenvalue weighted by Crippen LogP contribution is -2.48. The summed E-state index contributed by atoms with van der Waals surface area (Å²) in [4.78, 5) is 11.4. The zero-order valence-electron chi connectivity index (χ0n) is 9.82. The highest BCUT2D eigenvalue weighted by Crippen LogP contribution is 2.14. The van der Waals surface area contributed by atoms with Crippen LogP contribution in [-0.4, -0.2) is 32.1 Å². The van der Waals surface area contributed by atoms with Gasteiger partial charge in [0.2, 0.25) is 0 Å². The van der Waals surface area contributed by atoms with Gasteiger partial charge >= 0.3 is 0 Å². The molecule has 1 aromatic rings. The molecule has 1 aromatic carbocycles. The summed E-state index contributed by atoms with van der Waals surface area (Å²) < 4.78 is 18.2. The van der Waals surface area contributed by atoms with Gasteiger partial charge in [-0.15, -0.1) is 12.4 Å². The molecular weight excluding hydrogens is 259 g/mol. The van der Waals surface area contributed by atoms with Crippen LogP contribution in [0, 0.1) is 11.7 Å². The molecule has 100 valence electrons. The van der Waals surface area contributed by atoms with Gasteiger partial charge in [0.1, 0.15) is 0 Å². The van der Waals surface area contributed by atoms with Crippen molar-refractivity contribution in [2.24, 2.45) is 5.92 Å². The molecule has 2 rings (SSSR count). The van der Waals surface area contributed by atoms with E-state index in [2.05, 4.69) is 10.6 Å². The van der Waals surface area contributed by atoms with Crippen molar-refractivity contribution in [3.63, 3.8) is 0 Å². The lowest BCUT2D eigenvalue weighted by molar-refractivity contribution is -0.123. The predicted octanol–water partition coefficient (Wildman–Crippen LogP) is 0.962. The molecule has 1 aliphatic rings. The predicted molar refractivity (Wildman–Crippen MR) is 68.5 cm³/mol. The molecule has 18 heavy (non-hydrogen) atoms. The third-order valence-electron chi connectivity index (χ3n) is 2.65. The highest BCUT2D eigenvalue weighted by atomic mass is 35.5. The van der Waals surface area contributed by atoms with Crippen molar-refractivity contribution in [3.05, 3.63) is 30.1 Å². The number of para-hydroxylation sites is 1. The summed E-state index contributed by atoms with van der Waals surface area (Å²) in [5, 5.41) is 5.87. The van der Waals surface area contributed by atoms with E-state index in [1.807, 2.05) is 0 Å². The zero-order chi connectivity index (χ0) is 12.1. The average Bonchev–Trinajstić information content (AvgIpc) is 2.26. The van der Waals surface area contributed by atoms with Gasteiger partial charge < -0.3 is 15.4 Å². The lowest BCUT2D eigenvalue weighted by atomic mass is 10.0. The molecule has 0 bridgehead atoms. The number of rotatable bonds is 5. The summed E-state index contributed by atoms with van der Waals surface area (Å²) in [5.74, 6) is -0.0657. The van der Waals surface area contributed by atoms with Gasteiger partial charge in [0.15, 0.2) is 18.2 Å². The molecular formula is C12H16ClFN2O2. The maximum atomic E-state index is 13.2. The van der Waals surface area contributed by atoms with Crippen LogP contribution >= 0.6 is 12.4 Å². The largest absolute Gasteiger partial charge is 0.481 e. The van der Waals surface area contributed by atoms with E-state index in [0.717, 1.165) is 13.1 Å². The zero-order valence-corrected chi connectivity index (χ0v) is 10.6. The van der Waals surface area contributed by atoms with E-state index in [1.165, 1.54) is 12.1 Å². The fraction of sp³-hybridized carbons (Fsp3) is 0.417. The Hall–Kier alpha value is -1.33. The van der Waals surface area contributed by atoms with Gasteiger partial charge in [0.05, 0.1) is 0 Å². The Balaban J connectivity index is 0.00000162. The fourth-order valence-electron chi connectivity index (χ4n) is 1.51. The molecule has 0 atom stereocenters. The Morgan fingerprint density at radius 2 is 2.17 bits per heavy atom. The maximum Gasteiger partial charge on any atom is 0.257 e. The minimum atomic E-state index is -0.455. The summed E-state index contributed by atoms with van der Waals surface area (Å²) in [7, 11) is 0.